The van der Waals surface area contributed by atoms with Gasteiger partial charge in [-0.1, -0.05) is 58.4 Å². The van der Waals surface area contributed by atoms with Crippen molar-refractivity contribution in [2.45, 2.75) is 6.42 Å². The van der Waals surface area contributed by atoms with E-state index in [1.165, 1.54) is 11.1 Å². The third kappa shape index (κ3) is 2.24. The Balaban J connectivity index is 2.24. The summed E-state index contributed by atoms with van der Waals surface area (Å²) in [4.78, 5) is 0. The van der Waals surface area contributed by atoms with Crippen molar-refractivity contribution in [2.24, 2.45) is 0 Å². The molecular weight excluding hydrogens is 236 g/mol. The Kier molecular flexibility index (Phi) is 3.00. The van der Waals surface area contributed by atoms with Crippen molar-refractivity contribution >= 4 is 15.9 Å². The first kappa shape index (κ1) is 9.47. The molecule has 0 unspecified atom stereocenters. The van der Waals surface area contributed by atoms with E-state index < -0.39 is 0 Å². The molecule has 0 bridgehead atoms. The number of benzene rings is 2. The van der Waals surface area contributed by atoms with Crippen LogP contribution in [0.5, 0.6) is 0 Å². The van der Waals surface area contributed by atoms with Crippen LogP contribution in [0.2, 0.25) is 0 Å². The smallest absolute Gasteiger partial charge is 0.0216 e. The van der Waals surface area contributed by atoms with Crippen molar-refractivity contribution in [2.75, 3.05) is 0 Å². The molecule has 1 radical (unpaired) electrons. The van der Waals surface area contributed by atoms with Crippen LogP contribution >= 0.6 is 15.9 Å². The van der Waals surface area contributed by atoms with Gasteiger partial charge in [0.15, 0.2) is 0 Å². The summed E-state index contributed by atoms with van der Waals surface area (Å²) in [6.45, 7) is 0. The van der Waals surface area contributed by atoms with Gasteiger partial charge in [0.1, 0.15) is 0 Å². The first-order chi connectivity index (χ1) is 6.86. The second kappa shape index (κ2) is 4.43. The fourth-order valence-corrected chi connectivity index (χ4v) is 1.81. The molecule has 0 nitrogen and oxygen atoms in total. The molecule has 0 amide bonds. The molecule has 0 aliphatic heterocycles. The Morgan fingerprint density at radius 2 is 1.86 bits per heavy atom. The number of hydrogen-bond acceptors (Lipinski definition) is 0. The van der Waals surface area contributed by atoms with Crippen LogP contribution in [-0.4, -0.2) is 0 Å². The molecular formula is C13H10Br. The zero-order valence-electron chi connectivity index (χ0n) is 7.70. The maximum Gasteiger partial charge on any atom is 0.0216 e. The Bertz CT molecular complexity index is 407. The van der Waals surface area contributed by atoms with Gasteiger partial charge in [0.05, 0.1) is 0 Å². The molecule has 0 aliphatic carbocycles. The van der Waals surface area contributed by atoms with Crippen LogP contribution < -0.4 is 0 Å². The Morgan fingerprint density at radius 1 is 1.07 bits per heavy atom. The Labute approximate surface area is 92.7 Å². The first-order valence-corrected chi connectivity index (χ1v) is 5.34. The van der Waals surface area contributed by atoms with Crippen LogP contribution in [0.4, 0.5) is 0 Å². The molecule has 0 saturated carbocycles. The van der Waals surface area contributed by atoms with Crippen molar-refractivity contribution in [3.63, 3.8) is 0 Å². The minimum Gasteiger partial charge on any atom is -0.0622 e. The highest BCUT2D eigenvalue weighted by molar-refractivity contribution is 9.10. The molecule has 0 spiro atoms. The average Bonchev–Trinajstić information content (AvgIpc) is 2.23. The quantitative estimate of drug-likeness (QED) is 0.755. The largest absolute Gasteiger partial charge is 0.0622 e. The van der Waals surface area contributed by atoms with Crippen molar-refractivity contribution in [3.05, 3.63) is 70.2 Å². The summed E-state index contributed by atoms with van der Waals surface area (Å²) >= 11 is 3.52. The minimum absolute atomic E-state index is 0.968. The first-order valence-electron chi connectivity index (χ1n) is 4.54. The lowest BCUT2D eigenvalue weighted by Crippen LogP contribution is -1.88. The van der Waals surface area contributed by atoms with Crippen molar-refractivity contribution in [1.82, 2.24) is 0 Å². The number of halogens is 1. The molecule has 1 heteroatoms. The van der Waals surface area contributed by atoms with Gasteiger partial charge in [-0.25, -0.2) is 0 Å². The molecule has 2 aromatic carbocycles. The van der Waals surface area contributed by atoms with E-state index in [4.69, 9.17) is 0 Å². The second-order valence-corrected chi connectivity index (χ2v) is 4.03. The van der Waals surface area contributed by atoms with Crippen molar-refractivity contribution < 1.29 is 0 Å². The molecule has 0 fully saturated rings. The highest BCUT2D eigenvalue weighted by Crippen LogP contribution is 2.18. The Morgan fingerprint density at radius 3 is 2.57 bits per heavy atom. The van der Waals surface area contributed by atoms with Gasteiger partial charge in [0, 0.05) is 4.47 Å². The molecule has 2 rings (SSSR count). The topological polar surface area (TPSA) is 0 Å². The van der Waals surface area contributed by atoms with Gasteiger partial charge >= 0.3 is 0 Å². The summed E-state index contributed by atoms with van der Waals surface area (Å²) in [6, 6.07) is 19.5. The highest BCUT2D eigenvalue weighted by atomic mass is 79.9. The molecule has 0 aromatic heterocycles. The summed E-state index contributed by atoms with van der Waals surface area (Å²) in [5, 5.41) is 0. The minimum atomic E-state index is 0.968. The van der Waals surface area contributed by atoms with Crippen LogP contribution in [0.3, 0.4) is 0 Å². The van der Waals surface area contributed by atoms with Gasteiger partial charge in [0.25, 0.3) is 0 Å². The summed E-state index contributed by atoms with van der Waals surface area (Å²) < 4.78 is 1.13. The average molecular weight is 246 g/mol. The maximum absolute atomic E-state index is 3.52. The van der Waals surface area contributed by atoms with E-state index >= 15 is 0 Å². The molecule has 0 N–H and O–H groups in total. The van der Waals surface area contributed by atoms with E-state index in [0.29, 0.717) is 0 Å². The predicted molar refractivity (Wildman–Crippen MR) is 62.2 cm³/mol. The van der Waals surface area contributed by atoms with Gasteiger partial charge in [-0.15, -0.1) is 0 Å². The maximum atomic E-state index is 3.52. The van der Waals surface area contributed by atoms with Gasteiger partial charge in [-0.05, 0) is 29.7 Å². The Hall–Kier alpha value is -1.08. The van der Waals surface area contributed by atoms with Gasteiger partial charge in [-0.3, -0.25) is 0 Å². The van der Waals surface area contributed by atoms with Crippen LogP contribution in [0, 0.1) is 6.07 Å². The monoisotopic (exact) mass is 245 g/mol. The zero-order chi connectivity index (χ0) is 9.80. The number of rotatable bonds is 2. The molecule has 2 aromatic rings. The summed E-state index contributed by atoms with van der Waals surface area (Å²) in [7, 11) is 0. The third-order valence-corrected chi connectivity index (χ3v) is 2.87. The third-order valence-electron chi connectivity index (χ3n) is 2.13. The van der Waals surface area contributed by atoms with E-state index in [-0.39, 0.29) is 0 Å². The van der Waals surface area contributed by atoms with Crippen LogP contribution in [-0.2, 0) is 6.42 Å². The number of hydrogen-bond donors (Lipinski definition) is 0. The molecule has 69 valence electrons. The van der Waals surface area contributed by atoms with Gasteiger partial charge in [-0.2, -0.15) is 0 Å². The fraction of sp³-hybridized carbons (Fsp3) is 0.0769. The molecule has 0 saturated heterocycles. The molecule has 0 aliphatic rings. The van der Waals surface area contributed by atoms with Crippen LogP contribution in [0.15, 0.2) is 53.0 Å². The highest BCUT2D eigenvalue weighted by Gasteiger charge is 1.99. The summed E-state index contributed by atoms with van der Waals surface area (Å²) in [6.07, 6.45) is 0.968. The van der Waals surface area contributed by atoms with E-state index in [9.17, 15) is 0 Å². The van der Waals surface area contributed by atoms with Gasteiger partial charge < -0.3 is 0 Å². The fourth-order valence-electron chi connectivity index (χ4n) is 1.40. The standard InChI is InChI=1S/C13H10Br/c14-13-9-5-4-8-12(13)10-11-6-2-1-3-7-11/h1-4,6-9H,10H2. The van der Waals surface area contributed by atoms with E-state index in [1.807, 2.05) is 18.2 Å². The SMILES string of the molecule is Brc1c[c]ccc1Cc1ccccc1. The molecule has 14 heavy (non-hydrogen) atoms. The molecule has 0 atom stereocenters. The predicted octanol–water partition coefficient (Wildman–Crippen LogP) is 3.84. The lowest BCUT2D eigenvalue weighted by Gasteiger charge is -2.03. The van der Waals surface area contributed by atoms with Crippen LogP contribution in [0.25, 0.3) is 0 Å². The summed E-state index contributed by atoms with van der Waals surface area (Å²) in [5.41, 5.74) is 2.63. The zero-order valence-corrected chi connectivity index (χ0v) is 9.29. The summed E-state index contributed by atoms with van der Waals surface area (Å²) in [5.74, 6) is 0. The lowest BCUT2D eigenvalue weighted by molar-refractivity contribution is 1.18. The van der Waals surface area contributed by atoms with Crippen LogP contribution in [0.1, 0.15) is 11.1 Å². The normalized spacial score (nSPS) is 10.1. The van der Waals surface area contributed by atoms with E-state index in [0.717, 1.165) is 10.9 Å². The second-order valence-electron chi connectivity index (χ2n) is 3.18. The van der Waals surface area contributed by atoms with E-state index in [2.05, 4.69) is 52.3 Å². The molecule has 0 heterocycles. The van der Waals surface area contributed by atoms with Gasteiger partial charge in [0.2, 0.25) is 0 Å². The van der Waals surface area contributed by atoms with Crippen molar-refractivity contribution in [3.8, 4) is 0 Å². The van der Waals surface area contributed by atoms with Crippen molar-refractivity contribution in [1.29, 1.82) is 0 Å². The lowest BCUT2D eigenvalue weighted by atomic mass is 10.1. The van der Waals surface area contributed by atoms with E-state index in [1.54, 1.807) is 0 Å².